The fraction of sp³-hybridized carbons (Fsp3) is 0.294. The lowest BCUT2D eigenvalue weighted by molar-refractivity contribution is 0.678. The summed E-state index contributed by atoms with van der Waals surface area (Å²) in [5, 5.41) is 0. The van der Waals surface area contributed by atoms with Crippen molar-refractivity contribution in [2.45, 2.75) is 19.9 Å². The van der Waals surface area contributed by atoms with E-state index in [4.69, 9.17) is 5.73 Å². The third-order valence-electron chi connectivity index (χ3n) is 3.77. The molecule has 2 aromatic rings. The SMILES string of the molecule is Cc1ccc(C(CN)N(C)c2ccccc2C)cc1Br. The summed E-state index contributed by atoms with van der Waals surface area (Å²) in [6, 6.07) is 15.0. The van der Waals surface area contributed by atoms with Gasteiger partial charge in [-0.25, -0.2) is 0 Å². The lowest BCUT2D eigenvalue weighted by atomic mass is 10.0. The summed E-state index contributed by atoms with van der Waals surface area (Å²) >= 11 is 3.60. The summed E-state index contributed by atoms with van der Waals surface area (Å²) in [5.74, 6) is 0. The topological polar surface area (TPSA) is 29.3 Å². The summed E-state index contributed by atoms with van der Waals surface area (Å²) in [5.41, 5.74) is 11.0. The highest BCUT2D eigenvalue weighted by molar-refractivity contribution is 9.10. The van der Waals surface area contributed by atoms with Crippen LogP contribution in [0.5, 0.6) is 0 Å². The Morgan fingerprint density at radius 2 is 1.80 bits per heavy atom. The van der Waals surface area contributed by atoms with E-state index in [2.05, 4.69) is 84.2 Å². The maximum atomic E-state index is 6.02. The molecule has 0 saturated heterocycles. The van der Waals surface area contributed by atoms with E-state index < -0.39 is 0 Å². The Morgan fingerprint density at radius 1 is 1.10 bits per heavy atom. The van der Waals surface area contributed by atoms with E-state index in [-0.39, 0.29) is 6.04 Å². The molecular weight excluding hydrogens is 312 g/mol. The van der Waals surface area contributed by atoms with Gasteiger partial charge in [0.1, 0.15) is 0 Å². The molecule has 0 fully saturated rings. The number of hydrogen-bond acceptors (Lipinski definition) is 2. The number of nitrogens with two attached hydrogens (primary N) is 1. The summed E-state index contributed by atoms with van der Waals surface area (Å²) in [6.45, 7) is 4.81. The number of halogens is 1. The first-order chi connectivity index (χ1) is 9.54. The Labute approximate surface area is 129 Å². The van der Waals surface area contributed by atoms with E-state index in [1.165, 1.54) is 22.4 Å². The summed E-state index contributed by atoms with van der Waals surface area (Å²) in [4.78, 5) is 2.26. The van der Waals surface area contributed by atoms with Crippen LogP contribution in [0.15, 0.2) is 46.9 Å². The average molecular weight is 333 g/mol. The van der Waals surface area contributed by atoms with Gasteiger partial charge in [0.25, 0.3) is 0 Å². The first kappa shape index (κ1) is 15.1. The van der Waals surface area contributed by atoms with Crippen LogP contribution < -0.4 is 10.6 Å². The fourth-order valence-corrected chi connectivity index (χ4v) is 2.86. The Kier molecular flexibility index (Phi) is 4.84. The molecule has 0 aliphatic rings. The number of nitrogens with zero attached hydrogens (tertiary/aromatic N) is 1. The first-order valence-electron chi connectivity index (χ1n) is 6.79. The second-order valence-corrected chi connectivity index (χ2v) is 6.01. The number of hydrogen-bond donors (Lipinski definition) is 1. The Bertz CT molecular complexity index is 595. The van der Waals surface area contributed by atoms with Crippen LogP contribution in [0.25, 0.3) is 0 Å². The van der Waals surface area contributed by atoms with Crippen LogP contribution in [0.2, 0.25) is 0 Å². The number of aryl methyl sites for hydroxylation is 2. The van der Waals surface area contributed by atoms with E-state index in [1.807, 2.05) is 0 Å². The highest BCUT2D eigenvalue weighted by Crippen LogP contribution is 2.29. The van der Waals surface area contributed by atoms with Crippen LogP contribution >= 0.6 is 15.9 Å². The van der Waals surface area contributed by atoms with Gasteiger partial charge in [-0.1, -0.05) is 46.3 Å². The van der Waals surface area contributed by atoms with E-state index in [0.29, 0.717) is 6.54 Å². The zero-order valence-corrected chi connectivity index (χ0v) is 13.8. The van der Waals surface area contributed by atoms with E-state index in [9.17, 15) is 0 Å². The zero-order chi connectivity index (χ0) is 14.7. The van der Waals surface area contributed by atoms with Crippen molar-refractivity contribution in [2.75, 3.05) is 18.5 Å². The monoisotopic (exact) mass is 332 g/mol. The molecule has 0 radical (unpaired) electrons. The Morgan fingerprint density at radius 3 is 2.40 bits per heavy atom. The van der Waals surface area contributed by atoms with Crippen LogP contribution in [0.1, 0.15) is 22.7 Å². The van der Waals surface area contributed by atoms with E-state index in [1.54, 1.807) is 0 Å². The molecule has 0 heterocycles. The molecule has 0 aliphatic heterocycles. The highest BCUT2D eigenvalue weighted by Gasteiger charge is 2.17. The van der Waals surface area contributed by atoms with Gasteiger partial charge in [-0.15, -0.1) is 0 Å². The van der Waals surface area contributed by atoms with Crippen molar-refractivity contribution < 1.29 is 0 Å². The maximum absolute atomic E-state index is 6.02. The minimum absolute atomic E-state index is 0.174. The van der Waals surface area contributed by atoms with Gasteiger partial charge in [-0.2, -0.15) is 0 Å². The van der Waals surface area contributed by atoms with Gasteiger partial charge in [0, 0.05) is 23.8 Å². The van der Waals surface area contributed by atoms with Crippen LogP contribution in [-0.2, 0) is 0 Å². The van der Waals surface area contributed by atoms with Crippen LogP contribution in [-0.4, -0.2) is 13.6 Å². The molecule has 0 saturated carbocycles. The molecule has 20 heavy (non-hydrogen) atoms. The molecule has 106 valence electrons. The van der Waals surface area contributed by atoms with Crippen molar-refractivity contribution in [3.8, 4) is 0 Å². The zero-order valence-electron chi connectivity index (χ0n) is 12.2. The molecule has 2 N–H and O–H groups in total. The van der Waals surface area contributed by atoms with Gasteiger partial charge in [-0.3, -0.25) is 0 Å². The molecule has 1 atom stereocenters. The van der Waals surface area contributed by atoms with Gasteiger partial charge in [0.15, 0.2) is 0 Å². The molecule has 0 bridgehead atoms. The third kappa shape index (κ3) is 3.05. The molecule has 2 rings (SSSR count). The average Bonchev–Trinajstić information content (AvgIpc) is 2.44. The summed E-state index contributed by atoms with van der Waals surface area (Å²) in [7, 11) is 2.10. The molecule has 2 aromatic carbocycles. The van der Waals surface area contributed by atoms with Crippen molar-refractivity contribution in [3.63, 3.8) is 0 Å². The normalized spacial score (nSPS) is 12.2. The lowest BCUT2D eigenvalue weighted by Crippen LogP contribution is -2.30. The van der Waals surface area contributed by atoms with Crippen molar-refractivity contribution in [3.05, 3.63) is 63.6 Å². The van der Waals surface area contributed by atoms with Crippen molar-refractivity contribution >= 4 is 21.6 Å². The predicted molar refractivity (Wildman–Crippen MR) is 90.3 cm³/mol. The molecule has 0 spiro atoms. The number of para-hydroxylation sites is 1. The van der Waals surface area contributed by atoms with Gasteiger partial charge >= 0.3 is 0 Å². The van der Waals surface area contributed by atoms with E-state index in [0.717, 1.165) is 4.47 Å². The third-order valence-corrected chi connectivity index (χ3v) is 4.62. The van der Waals surface area contributed by atoms with E-state index >= 15 is 0 Å². The minimum atomic E-state index is 0.174. The van der Waals surface area contributed by atoms with Crippen molar-refractivity contribution in [1.29, 1.82) is 0 Å². The number of rotatable bonds is 4. The highest BCUT2D eigenvalue weighted by atomic mass is 79.9. The summed E-state index contributed by atoms with van der Waals surface area (Å²) in [6.07, 6.45) is 0. The Balaban J connectivity index is 2.36. The minimum Gasteiger partial charge on any atom is -0.366 e. The van der Waals surface area contributed by atoms with Crippen LogP contribution in [0, 0.1) is 13.8 Å². The van der Waals surface area contributed by atoms with Crippen LogP contribution in [0.4, 0.5) is 5.69 Å². The van der Waals surface area contributed by atoms with Crippen molar-refractivity contribution in [1.82, 2.24) is 0 Å². The number of likely N-dealkylation sites (N-methyl/N-ethyl adjacent to an activating group) is 1. The predicted octanol–water partition coefficient (Wildman–Crippen LogP) is 4.20. The molecule has 0 amide bonds. The van der Waals surface area contributed by atoms with Gasteiger partial charge in [0.05, 0.1) is 6.04 Å². The van der Waals surface area contributed by atoms with Gasteiger partial charge in [0.2, 0.25) is 0 Å². The number of benzene rings is 2. The number of anilines is 1. The molecule has 1 unspecified atom stereocenters. The second-order valence-electron chi connectivity index (χ2n) is 5.16. The van der Waals surface area contributed by atoms with Gasteiger partial charge < -0.3 is 10.6 Å². The second kappa shape index (κ2) is 6.42. The fourth-order valence-electron chi connectivity index (χ4n) is 2.46. The lowest BCUT2D eigenvalue weighted by Gasteiger charge is -2.31. The molecule has 3 heteroatoms. The molecular formula is C17H21BrN2. The molecule has 0 aliphatic carbocycles. The Hall–Kier alpha value is -1.32. The summed E-state index contributed by atoms with van der Waals surface area (Å²) < 4.78 is 1.13. The smallest absolute Gasteiger partial charge is 0.0662 e. The maximum Gasteiger partial charge on any atom is 0.0662 e. The van der Waals surface area contributed by atoms with Crippen molar-refractivity contribution in [2.24, 2.45) is 5.73 Å². The quantitative estimate of drug-likeness (QED) is 0.908. The van der Waals surface area contributed by atoms with Crippen LogP contribution in [0.3, 0.4) is 0 Å². The molecule has 2 nitrogen and oxygen atoms in total. The first-order valence-corrected chi connectivity index (χ1v) is 7.58. The largest absolute Gasteiger partial charge is 0.366 e. The standard InChI is InChI=1S/C17H21BrN2/c1-12-8-9-14(10-15(12)18)17(11-19)20(3)16-7-5-4-6-13(16)2/h4-10,17H,11,19H2,1-3H3. The van der Waals surface area contributed by atoms with Gasteiger partial charge in [-0.05, 0) is 42.7 Å². The molecule has 0 aromatic heterocycles.